The van der Waals surface area contributed by atoms with Gasteiger partial charge in [0.05, 0.1) is 23.0 Å². The molecule has 0 aliphatic heterocycles. The Kier molecular flexibility index (Phi) is 3.59. The zero-order valence-corrected chi connectivity index (χ0v) is 11.8. The average molecular weight is 271 g/mol. The molecule has 0 saturated heterocycles. The zero-order valence-electron chi connectivity index (χ0n) is 11.8. The number of hydrogen-bond donors (Lipinski definition) is 1. The van der Waals surface area contributed by atoms with Gasteiger partial charge in [-0.25, -0.2) is 4.68 Å². The Balaban J connectivity index is 1.97. The lowest BCUT2D eigenvalue weighted by Gasteiger charge is -2.34. The number of hydrogen-bond acceptors (Lipinski definition) is 3. The molecule has 1 heterocycles. The summed E-state index contributed by atoms with van der Waals surface area (Å²) < 4.78 is 7.73. The molecule has 0 bridgehead atoms. The molecule has 1 aliphatic carbocycles. The number of methoxy groups -OCH3 is 1. The lowest BCUT2D eigenvalue weighted by molar-refractivity contribution is -0.0279. The summed E-state index contributed by atoms with van der Waals surface area (Å²) in [6.07, 6.45) is 6.21. The van der Waals surface area contributed by atoms with E-state index in [1.54, 1.807) is 13.3 Å². The van der Waals surface area contributed by atoms with E-state index < -0.39 is 0 Å². The molecule has 2 N–H and O–H groups in total. The first kappa shape index (κ1) is 13.3. The molecule has 4 heteroatoms. The number of nitrogens with zero attached hydrogens (tertiary/aromatic N) is 2. The van der Waals surface area contributed by atoms with Crippen molar-refractivity contribution in [3.05, 3.63) is 48.3 Å². The first-order chi connectivity index (χ1) is 9.77. The van der Waals surface area contributed by atoms with Gasteiger partial charge < -0.3 is 10.5 Å². The van der Waals surface area contributed by atoms with Crippen molar-refractivity contribution in [2.45, 2.75) is 37.3 Å². The van der Waals surface area contributed by atoms with Crippen LogP contribution in [0.2, 0.25) is 0 Å². The van der Waals surface area contributed by atoms with Gasteiger partial charge in [-0.15, -0.1) is 0 Å². The first-order valence-corrected chi connectivity index (χ1v) is 7.17. The highest BCUT2D eigenvalue weighted by molar-refractivity contribution is 5.33. The highest BCUT2D eigenvalue weighted by Gasteiger charge is 2.41. The standard InChI is InChI=1S/C16H21N3O/c1-20-16(10-5-6-11-16)15(17)14-9-12-18-19(14)13-7-3-2-4-8-13/h2-4,7-9,12,15H,5-6,10-11,17H2,1H3. The molecule has 3 rings (SSSR count). The van der Waals surface area contributed by atoms with Gasteiger partial charge in [0.2, 0.25) is 0 Å². The van der Waals surface area contributed by atoms with Crippen molar-refractivity contribution in [1.29, 1.82) is 0 Å². The Bertz CT molecular complexity index is 558. The van der Waals surface area contributed by atoms with Gasteiger partial charge in [-0.1, -0.05) is 31.0 Å². The molecular weight excluding hydrogens is 250 g/mol. The van der Waals surface area contributed by atoms with Crippen LogP contribution >= 0.6 is 0 Å². The summed E-state index contributed by atoms with van der Waals surface area (Å²) in [5, 5.41) is 4.43. The lowest BCUT2D eigenvalue weighted by Crippen LogP contribution is -2.41. The van der Waals surface area contributed by atoms with Gasteiger partial charge in [-0.3, -0.25) is 0 Å². The quantitative estimate of drug-likeness (QED) is 0.930. The third-order valence-corrected chi connectivity index (χ3v) is 4.41. The fourth-order valence-corrected chi connectivity index (χ4v) is 3.22. The molecule has 4 nitrogen and oxygen atoms in total. The molecule has 1 aliphatic rings. The van der Waals surface area contributed by atoms with Gasteiger partial charge in [0.25, 0.3) is 0 Å². The fourth-order valence-electron chi connectivity index (χ4n) is 3.22. The molecule has 1 aromatic heterocycles. The summed E-state index contributed by atoms with van der Waals surface area (Å²) in [6.45, 7) is 0. The van der Waals surface area contributed by atoms with E-state index in [-0.39, 0.29) is 11.6 Å². The Morgan fingerprint density at radius 3 is 2.55 bits per heavy atom. The predicted octanol–water partition coefficient (Wildman–Crippen LogP) is 2.83. The molecule has 1 fully saturated rings. The van der Waals surface area contributed by atoms with E-state index in [4.69, 9.17) is 10.5 Å². The van der Waals surface area contributed by atoms with Crippen molar-refractivity contribution >= 4 is 0 Å². The Labute approximate surface area is 119 Å². The predicted molar refractivity (Wildman–Crippen MR) is 78.7 cm³/mol. The van der Waals surface area contributed by atoms with Crippen LogP contribution in [0.5, 0.6) is 0 Å². The summed E-state index contributed by atoms with van der Waals surface area (Å²) >= 11 is 0. The summed E-state index contributed by atoms with van der Waals surface area (Å²) in [5.41, 5.74) is 8.35. The van der Waals surface area contributed by atoms with E-state index in [0.717, 1.165) is 24.2 Å². The molecule has 0 spiro atoms. The minimum Gasteiger partial charge on any atom is -0.376 e. The topological polar surface area (TPSA) is 53.1 Å². The van der Waals surface area contributed by atoms with E-state index in [1.165, 1.54) is 12.8 Å². The van der Waals surface area contributed by atoms with Crippen LogP contribution in [0.25, 0.3) is 5.69 Å². The number of rotatable bonds is 4. The van der Waals surface area contributed by atoms with E-state index in [1.807, 2.05) is 41.1 Å². The number of benzene rings is 1. The SMILES string of the molecule is COC1(C(N)c2ccnn2-c2ccccc2)CCCC1. The molecule has 1 saturated carbocycles. The maximum absolute atomic E-state index is 6.54. The summed E-state index contributed by atoms with van der Waals surface area (Å²) in [4.78, 5) is 0. The van der Waals surface area contributed by atoms with Gasteiger partial charge in [0.15, 0.2) is 0 Å². The van der Waals surface area contributed by atoms with Crippen LogP contribution in [-0.4, -0.2) is 22.5 Å². The molecule has 0 amide bonds. The van der Waals surface area contributed by atoms with Crippen molar-refractivity contribution in [3.63, 3.8) is 0 Å². The second-order valence-electron chi connectivity index (χ2n) is 5.46. The molecule has 20 heavy (non-hydrogen) atoms. The molecule has 0 radical (unpaired) electrons. The Morgan fingerprint density at radius 2 is 1.90 bits per heavy atom. The van der Waals surface area contributed by atoms with Crippen molar-refractivity contribution < 1.29 is 4.74 Å². The van der Waals surface area contributed by atoms with Crippen LogP contribution in [0.15, 0.2) is 42.6 Å². The molecule has 106 valence electrons. The summed E-state index contributed by atoms with van der Waals surface area (Å²) in [6, 6.07) is 11.9. The van der Waals surface area contributed by atoms with E-state index in [0.29, 0.717) is 0 Å². The minimum absolute atomic E-state index is 0.155. The van der Waals surface area contributed by atoms with Crippen molar-refractivity contribution in [3.8, 4) is 5.69 Å². The molecule has 1 unspecified atom stereocenters. The maximum atomic E-state index is 6.54. The number of para-hydroxylation sites is 1. The second kappa shape index (κ2) is 5.38. The van der Waals surface area contributed by atoms with E-state index in [2.05, 4.69) is 5.10 Å². The van der Waals surface area contributed by atoms with Gasteiger partial charge in [0, 0.05) is 13.3 Å². The van der Waals surface area contributed by atoms with Crippen molar-refractivity contribution in [2.75, 3.05) is 7.11 Å². The van der Waals surface area contributed by atoms with Crippen LogP contribution < -0.4 is 5.73 Å². The Hall–Kier alpha value is -1.65. The summed E-state index contributed by atoms with van der Waals surface area (Å²) in [5.74, 6) is 0. The molecule has 1 atom stereocenters. The third kappa shape index (κ3) is 2.15. The molecule has 2 aromatic rings. The highest BCUT2D eigenvalue weighted by atomic mass is 16.5. The first-order valence-electron chi connectivity index (χ1n) is 7.17. The summed E-state index contributed by atoms with van der Waals surface area (Å²) in [7, 11) is 1.77. The van der Waals surface area contributed by atoms with Crippen LogP contribution in [0.1, 0.15) is 37.4 Å². The van der Waals surface area contributed by atoms with E-state index in [9.17, 15) is 0 Å². The van der Waals surface area contributed by atoms with E-state index >= 15 is 0 Å². The van der Waals surface area contributed by atoms with Crippen molar-refractivity contribution in [1.82, 2.24) is 9.78 Å². The number of nitrogens with two attached hydrogens (primary N) is 1. The maximum Gasteiger partial charge on any atom is 0.0885 e. The van der Waals surface area contributed by atoms with Crippen LogP contribution in [0.4, 0.5) is 0 Å². The number of ether oxygens (including phenoxy) is 1. The monoisotopic (exact) mass is 271 g/mol. The second-order valence-corrected chi connectivity index (χ2v) is 5.46. The van der Waals surface area contributed by atoms with Gasteiger partial charge in [0.1, 0.15) is 0 Å². The van der Waals surface area contributed by atoms with Crippen LogP contribution in [0, 0.1) is 0 Å². The smallest absolute Gasteiger partial charge is 0.0885 e. The van der Waals surface area contributed by atoms with Crippen molar-refractivity contribution in [2.24, 2.45) is 5.73 Å². The van der Waals surface area contributed by atoms with Gasteiger partial charge in [-0.2, -0.15) is 5.10 Å². The molecule has 1 aromatic carbocycles. The van der Waals surface area contributed by atoms with Crippen LogP contribution in [-0.2, 0) is 4.74 Å². The lowest BCUT2D eigenvalue weighted by atomic mass is 9.90. The fraction of sp³-hybridized carbons (Fsp3) is 0.438. The minimum atomic E-state index is -0.243. The Morgan fingerprint density at radius 1 is 1.20 bits per heavy atom. The molecular formula is C16H21N3O. The average Bonchev–Trinajstić information content (AvgIpc) is 3.17. The highest BCUT2D eigenvalue weighted by Crippen LogP contribution is 2.41. The van der Waals surface area contributed by atoms with Gasteiger partial charge >= 0.3 is 0 Å². The largest absolute Gasteiger partial charge is 0.376 e. The zero-order chi connectivity index (χ0) is 14.0. The van der Waals surface area contributed by atoms with Gasteiger partial charge in [-0.05, 0) is 31.0 Å². The van der Waals surface area contributed by atoms with Crippen LogP contribution in [0.3, 0.4) is 0 Å². The third-order valence-electron chi connectivity index (χ3n) is 4.41. The number of aromatic nitrogens is 2. The normalized spacial score (nSPS) is 19.1.